The Hall–Kier alpha value is -0.760. The van der Waals surface area contributed by atoms with Gasteiger partial charge in [0.25, 0.3) is 0 Å². The average Bonchev–Trinajstić information content (AvgIpc) is 2.66. The van der Waals surface area contributed by atoms with Gasteiger partial charge in [0.05, 0.1) is 7.11 Å². The highest BCUT2D eigenvalue weighted by atomic mass is 79.9. The van der Waals surface area contributed by atoms with Gasteiger partial charge in [-0.25, -0.2) is 0 Å². The van der Waals surface area contributed by atoms with Crippen molar-refractivity contribution < 1.29 is 9.53 Å². The minimum Gasteiger partial charge on any atom is -0.468 e. The molecule has 0 aliphatic rings. The van der Waals surface area contributed by atoms with Crippen LogP contribution in [0.1, 0.15) is 19.9 Å². The SMILES string of the molecule is COC(=O)C(Br)CSc1nnc(N)n1C(C)C. The highest BCUT2D eigenvalue weighted by molar-refractivity contribution is 9.10. The maximum Gasteiger partial charge on any atom is 0.320 e. The molecule has 1 aromatic rings. The second-order valence-electron chi connectivity index (χ2n) is 3.61. The number of nitrogens with zero attached hydrogens (tertiary/aromatic N) is 3. The van der Waals surface area contributed by atoms with E-state index < -0.39 is 0 Å². The van der Waals surface area contributed by atoms with Gasteiger partial charge < -0.3 is 10.5 Å². The van der Waals surface area contributed by atoms with Crippen molar-refractivity contribution in [2.45, 2.75) is 29.9 Å². The number of hydrogen-bond donors (Lipinski definition) is 1. The summed E-state index contributed by atoms with van der Waals surface area (Å²) in [5.41, 5.74) is 5.71. The first-order valence-electron chi connectivity index (χ1n) is 5.02. The molecule has 0 aromatic carbocycles. The first kappa shape index (κ1) is 14.3. The predicted octanol–water partition coefficient (Wildman–Crippen LogP) is 1.47. The van der Waals surface area contributed by atoms with Crippen molar-refractivity contribution in [2.24, 2.45) is 0 Å². The van der Waals surface area contributed by atoms with Crippen LogP contribution >= 0.6 is 27.7 Å². The van der Waals surface area contributed by atoms with E-state index in [0.717, 1.165) is 0 Å². The van der Waals surface area contributed by atoms with E-state index in [0.29, 0.717) is 16.9 Å². The molecule has 8 heteroatoms. The van der Waals surface area contributed by atoms with Gasteiger partial charge in [-0.1, -0.05) is 27.7 Å². The molecule has 1 atom stereocenters. The third-order valence-corrected chi connectivity index (χ3v) is 4.19. The summed E-state index contributed by atoms with van der Waals surface area (Å²) in [5.74, 6) is 0.588. The maximum absolute atomic E-state index is 11.2. The van der Waals surface area contributed by atoms with Crippen molar-refractivity contribution in [3.05, 3.63) is 0 Å². The quantitative estimate of drug-likeness (QED) is 0.502. The summed E-state index contributed by atoms with van der Waals surface area (Å²) >= 11 is 4.65. The van der Waals surface area contributed by atoms with E-state index in [2.05, 4.69) is 30.9 Å². The molecule has 0 bridgehead atoms. The number of aromatic nitrogens is 3. The highest BCUT2D eigenvalue weighted by Gasteiger charge is 2.19. The predicted molar refractivity (Wildman–Crippen MR) is 70.3 cm³/mol. The van der Waals surface area contributed by atoms with Crippen molar-refractivity contribution in [2.75, 3.05) is 18.6 Å². The maximum atomic E-state index is 11.2. The fourth-order valence-electron chi connectivity index (χ4n) is 1.22. The number of esters is 1. The second kappa shape index (κ2) is 6.25. The summed E-state index contributed by atoms with van der Waals surface area (Å²) in [6.07, 6.45) is 0. The van der Waals surface area contributed by atoms with E-state index in [-0.39, 0.29) is 16.8 Å². The number of anilines is 1. The number of carbonyl (C=O) groups is 1. The van der Waals surface area contributed by atoms with E-state index in [1.807, 2.05) is 18.4 Å². The number of thioether (sulfide) groups is 1. The number of hydrogen-bond acceptors (Lipinski definition) is 6. The summed E-state index contributed by atoms with van der Waals surface area (Å²) in [4.78, 5) is 10.8. The third kappa shape index (κ3) is 3.60. The number of alkyl halides is 1. The van der Waals surface area contributed by atoms with Gasteiger partial charge in [-0.2, -0.15) is 0 Å². The van der Waals surface area contributed by atoms with Gasteiger partial charge >= 0.3 is 5.97 Å². The lowest BCUT2D eigenvalue weighted by molar-refractivity contribution is -0.139. The highest BCUT2D eigenvalue weighted by Crippen LogP contribution is 2.24. The van der Waals surface area contributed by atoms with E-state index >= 15 is 0 Å². The number of nitrogens with two attached hydrogens (primary N) is 1. The number of methoxy groups -OCH3 is 1. The van der Waals surface area contributed by atoms with Crippen LogP contribution < -0.4 is 5.73 Å². The lowest BCUT2D eigenvalue weighted by Gasteiger charge is -2.12. The third-order valence-electron chi connectivity index (χ3n) is 2.02. The van der Waals surface area contributed by atoms with Crippen molar-refractivity contribution in [3.63, 3.8) is 0 Å². The van der Waals surface area contributed by atoms with Crippen LogP contribution in [0.25, 0.3) is 0 Å². The normalized spacial score (nSPS) is 12.8. The topological polar surface area (TPSA) is 83.0 Å². The summed E-state index contributed by atoms with van der Waals surface area (Å²) in [7, 11) is 1.36. The van der Waals surface area contributed by atoms with Gasteiger partial charge in [-0.05, 0) is 13.8 Å². The molecule has 0 fully saturated rings. The van der Waals surface area contributed by atoms with Gasteiger partial charge in [0.1, 0.15) is 4.83 Å². The van der Waals surface area contributed by atoms with Gasteiger partial charge in [-0.3, -0.25) is 9.36 Å². The Balaban J connectivity index is 2.67. The largest absolute Gasteiger partial charge is 0.468 e. The molecule has 17 heavy (non-hydrogen) atoms. The van der Waals surface area contributed by atoms with Crippen molar-refractivity contribution in [1.82, 2.24) is 14.8 Å². The standard InChI is InChI=1S/C9H15BrN4O2S/c1-5(2)14-8(11)12-13-9(14)17-4-6(10)7(15)16-3/h5-6H,4H2,1-3H3,(H2,11,12). The van der Waals surface area contributed by atoms with Crippen LogP contribution in [-0.2, 0) is 9.53 Å². The average molecular weight is 323 g/mol. The summed E-state index contributed by atoms with van der Waals surface area (Å²) in [5, 5.41) is 8.49. The molecular weight excluding hydrogens is 308 g/mol. The molecule has 0 amide bonds. The molecular formula is C9H15BrN4O2S. The lowest BCUT2D eigenvalue weighted by Crippen LogP contribution is -2.18. The van der Waals surface area contributed by atoms with Gasteiger partial charge in [-0.15, -0.1) is 10.2 Å². The monoisotopic (exact) mass is 322 g/mol. The minimum atomic E-state index is -0.365. The number of halogens is 1. The Morgan fingerprint density at radius 3 is 2.76 bits per heavy atom. The van der Waals surface area contributed by atoms with Gasteiger partial charge in [0.15, 0.2) is 5.16 Å². The Labute approximate surface area is 112 Å². The molecule has 96 valence electrons. The molecule has 2 N–H and O–H groups in total. The fourth-order valence-corrected chi connectivity index (χ4v) is 2.77. The van der Waals surface area contributed by atoms with Crippen molar-refractivity contribution in [3.8, 4) is 0 Å². The molecule has 0 aliphatic heterocycles. The van der Waals surface area contributed by atoms with Crippen LogP contribution in [0.2, 0.25) is 0 Å². The Morgan fingerprint density at radius 1 is 1.59 bits per heavy atom. The molecule has 0 radical (unpaired) electrons. The first-order chi connectivity index (χ1) is 7.97. The molecule has 6 nitrogen and oxygen atoms in total. The van der Waals surface area contributed by atoms with Crippen molar-refractivity contribution in [1.29, 1.82) is 0 Å². The smallest absolute Gasteiger partial charge is 0.320 e. The minimum absolute atomic E-state index is 0.180. The Bertz CT molecular complexity index is 396. The number of rotatable bonds is 5. The van der Waals surface area contributed by atoms with Crippen LogP contribution in [-0.4, -0.2) is 38.4 Å². The van der Waals surface area contributed by atoms with Crippen molar-refractivity contribution >= 4 is 39.6 Å². The molecule has 0 spiro atoms. The molecule has 0 saturated carbocycles. The Kier molecular flexibility index (Phi) is 5.26. The fraction of sp³-hybridized carbons (Fsp3) is 0.667. The van der Waals surface area contributed by atoms with Crippen LogP contribution in [0.15, 0.2) is 5.16 Å². The zero-order valence-electron chi connectivity index (χ0n) is 9.88. The van der Waals surface area contributed by atoms with Gasteiger partial charge in [0, 0.05) is 11.8 Å². The van der Waals surface area contributed by atoms with Crippen LogP contribution in [0.4, 0.5) is 5.95 Å². The zero-order chi connectivity index (χ0) is 13.0. The first-order valence-corrected chi connectivity index (χ1v) is 6.92. The van der Waals surface area contributed by atoms with E-state index in [9.17, 15) is 4.79 Å². The Morgan fingerprint density at radius 2 is 2.24 bits per heavy atom. The van der Waals surface area contributed by atoms with Crippen LogP contribution in [0.3, 0.4) is 0 Å². The molecule has 0 aliphatic carbocycles. The molecule has 1 heterocycles. The number of carbonyl (C=O) groups excluding carboxylic acids is 1. The summed E-state index contributed by atoms with van der Waals surface area (Å²) in [6, 6.07) is 0.180. The summed E-state index contributed by atoms with van der Waals surface area (Å²) < 4.78 is 6.44. The number of ether oxygens (including phenoxy) is 1. The molecule has 1 unspecified atom stereocenters. The molecule has 0 saturated heterocycles. The zero-order valence-corrected chi connectivity index (χ0v) is 12.3. The molecule has 1 aromatic heterocycles. The van der Waals surface area contributed by atoms with Crippen LogP contribution in [0, 0.1) is 0 Å². The van der Waals surface area contributed by atoms with E-state index in [1.54, 1.807) is 0 Å². The number of nitrogen functional groups attached to an aromatic ring is 1. The van der Waals surface area contributed by atoms with E-state index in [4.69, 9.17) is 5.73 Å². The van der Waals surface area contributed by atoms with Crippen LogP contribution in [0.5, 0.6) is 0 Å². The second-order valence-corrected chi connectivity index (χ2v) is 5.70. The molecule has 1 rings (SSSR count). The van der Waals surface area contributed by atoms with E-state index in [1.165, 1.54) is 18.9 Å². The van der Waals surface area contributed by atoms with Gasteiger partial charge in [0.2, 0.25) is 5.95 Å². The lowest BCUT2D eigenvalue weighted by atomic mass is 10.4. The summed E-state index contributed by atoms with van der Waals surface area (Å²) in [6.45, 7) is 3.99.